The Kier molecular flexibility index (Phi) is 5.49. The van der Waals surface area contributed by atoms with Gasteiger partial charge in [-0.2, -0.15) is 0 Å². The minimum Gasteiger partial charge on any atom is -0.461 e. The number of fused-ring (bicyclic) bond motifs is 1. The number of hydrogen-bond acceptors (Lipinski definition) is 7. The lowest BCUT2D eigenvalue weighted by Crippen LogP contribution is -2.41. The highest BCUT2D eigenvalue weighted by Gasteiger charge is 2.52. The van der Waals surface area contributed by atoms with Crippen molar-refractivity contribution in [2.75, 3.05) is 6.61 Å². The van der Waals surface area contributed by atoms with Crippen molar-refractivity contribution in [3.63, 3.8) is 0 Å². The highest BCUT2D eigenvalue weighted by Crippen LogP contribution is 2.36. The highest BCUT2D eigenvalue weighted by molar-refractivity contribution is 6.61. The minimum absolute atomic E-state index is 0.0552. The summed E-state index contributed by atoms with van der Waals surface area (Å²) < 4.78 is 23.9. The highest BCUT2D eigenvalue weighted by atomic mass is 16.7. The molecule has 9 heteroatoms. The number of carbonyl (C=O) groups is 2. The van der Waals surface area contributed by atoms with Crippen molar-refractivity contribution in [1.82, 2.24) is 9.55 Å². The van der Waals surface area contributed by atoms with E-state index in [0.717, 1.165) is 0 Å². The van der Waals surface area contributed by atoms with E-state index in [1.807, 2.05) is 27.7 Å². The maximum Gasteiger partial charge on any atom is 0.514 e. The van der Waals surface area contributed by atoms with Crippen LogP contribution in [0.4, 0.5) is 4.79 Å². The molecule has 0 aromatic carbocycles. The van der Waals surface area contributed by atoms with Crippen molar-refractivity contribution in [3.05, 3.63) is 23.9 Å². The van der Waals surface area contributed by atoms with Crippen molar-refractivity contribution >= 4 is 35.8 Å². The average Bonchev–Trinajstić information content (AvgIpc) is 3.07. The van der Waals surface area contributed by atoms with Crippen molar-refractivity contribution < 1.29 is 28.4 Å². The summed E-state index contributed by atoms with van der Waals surface area (Å²) in [4.78, 5) is 29.9. The molecule has 162 valence electrons. The van der Waals surface area contributed by atoms with Gasteiger partial charge in [0.25, 0.3) is 0 Å². The van der Waals surface area contributed by atoms with E-state index in [4.69, 9.17) is 18.8 Å². The van der Waals surface area contributed by atoms with Gasteiger partial charge in [-0.3, -0.25) is 4.98 Å². The smallest absolute Gasteiger partial charge is 0.461 e. The zero-order valence-electron chi connectivity index (χ0n) is 18.9. The predicted octanol–water partition coefficient (Wildman–Crippen LogP) is 3.30. The Labute approximate surface area is 177 Å². The van der Waals surface area contributed by atoms with Crippen LogP contribution in [-0.2, 0) is 18.8 Å². The Morgan fingerprint density at radius 3 is 2.27 bits per heavy atom. The van der Waals surface area contributed by atoms with Gasteiger partial charge in [0.05, 0.1) is 34.4 Å². The zero-order chi connectivity index (χ0) is 22.5. The van der Waals surface area contributed by atoms with E-state index in [9.17, 15) is 9.59 Å². The van der Waals surface area contributed by atoms with E-state index in [1.165, 1.54) is 10.6 Å². The van der Waals surface area contributed by atoms with Crippen LogP contribution in [-0.4, -0.2) is 52.1 Å². The molecule has 2 aromatic heterocycles. The van der Waals surface area contributed by atoms with Crippen LogP contribution in [0, 0.1) is 0 Å². The van der Waals surface area contributed by atoms with Crippen LogP contribution in [0.25, 0.3) is 11.0 Å². The van der Waals surface area contributed by atoms with E-state index >= 15 is 0 Å². The van der Waals surface area contributed by atoms with Crippen LogP contribution in [0.3, 0.4) is 0 Å². The first-order valence-electron chi connectivity index (χ1n) is 10.0. The summed E-state index contributed by atoms with van der Waals surface area (Å²) in [7, 11) is -0.657. The van der Waals surface area contributed by atoms with Crippen LogP contribution in [0.5, 0.6) is 0 Å². The predicted molar refractivity (Wildman–Crippen MR) is 113 cm³/mol. The maximum atomic E-state index is 12.8. The summed E-state index contributed by atoms with van der Waals surface area (Å²) in [6.45, 7) is 15.0. The van der Waals surface area contributed by atoms with Crippen LogP contribution in [0.15, 0.2) is 18.2 Å². The second kappa shape index (κ2) is 7.39. The largest absolute Gasteiger partial charge is 0.514 e. The molecule has 1 fully saturated rings. The van der Waals surface area contributed by atoms with E-state index in [1.54, 1.807) is 39.8 Å². The van der Waals surface area contributed by atoms with Crippen molar-refractivity contribution in [2.45, 2.75) is 72.2 Å². The normalized spacial score (nSPS) is 17.9. The van der Waals surface area contributed by atoms with Gasteiger partial charge in [-0.05, 0) is 73.6 Å². The number of hydrogen-bond donors (Lipinski definition) is 0. The lowest BCUT2D eigenvalue weighted by molar-refractivity contribution is 0.00578. The summed E-state index contributed by atoms with van der Waals surface area (Å²) in [6.07, 6.45) is -0.675. The van der Waals surface area contributed by atoms with Gasteiger partial charge in [-0.25, -0.2) is 14.2 Å². The monoisotopic (exact) mass is 416 g/mol. The van der Waals surface area contributed by atoms with E-state index in [-0.39, 0.29) is 12.3 Å². The summed E-state index contributed by atoms with van der Waals surface area (Å²) in [5.74, 6) is -0.626. The molecule has 1 aliphatic heterocycles. The number of nitrogens with zero attached hydrogens (tertiary/aromatic N) is 2. The third-order valence-electron chi connectivity index (χ3n) is 5.23. The minimum atomic E-state index is -0.727. The third kappa shape index (κ3) is 4.09. The molecule has 0 spiro atoms. The molecule has 0 saturated carbocycles. The number of carbonyl (C=O) groups excluding carboxylic acids is 2. The molecule has 3 rings (SSSR count). The zero-order valence-corrected chi connectivity index (χ0v) is 18.9. The van der Waals surface area contributed by atoms with Crippen LogP contribution < -0.4 is 5.59 Å². The third-order valence-corrected chi connectivity index (χ3v) is 5.23. The van der Waals surface area contributed by atoms with E-state index in [2.05, 4.69) is 4.98 Å². The summed E-state index contributed by atoms with van der Waals surface area (Å²) >= 11 is 0. The van der Waals surface area contributed by atoms with E-state index in [0.29, 0.717) is 16.6 Å². The van der Waals surface area contributed by atoms with Gasteiger partial charge < -0.3 is 18.8 Å². The Morgan fingerprint density at radius 1 is 1.13 bits per heavy atom. The fraction of sp³-hybridized carbons (Fsp3) is 0.571. The molecule has 30 heavy (non-hydrogen) atoms. The lowest BCUT2D eigenvalue weighted by atomic mass is 9.84. The van der Waals surface area contributed by atoms with Gasteiger partial charge in [0.2, 0.25) is 0 Å². The van der Waals surface area contributed by atoms with Gasteiger partial charge >= 0.3 is 19.2 Å². The van der Waals surface area contributed by atoms with Crippen LogP contribution in [0.1, 0.15) is 65.9 Å². The van der Waals surface area contributed by atoms with Gasteiger partial charge in [-0.1, -0.05) is 0 Å². The number of ether oxygens (including phenoxy) is 2. The molecule has 0 atom stereocenters. The molecule has 8 nitrogen and oxygen atoms in total. The fourth-order valence-electron chi connectivity index (χ4n) is 3.06. The number of pyridine rings is 1. The first kappa shape index (κ1) is 22.3. The van der Waals surface area contributed by atoms with Gasteiger partial charge in [0.15, 0.2) is 0 Å². The average molecular weight is 416 g/mol. The van der Waals surface area contributed by atoms with Gasteiger partial charge in [0, 0.05) is 0 Å². The molecule has 0 amide bonds. The maximum absolute atomic E-state index is 12.8. The topological polar surface area (TPSA) is 88.9 Å². The Bertz CT molecular complexity index is 973. The van der Waals surface area contributed by atoms with Crippen molar-refractivity contribution in [3.8, 4) is 0 Å². The summed E-state index contributed by atoms with van der Waals surface area (Å²) in [5.41, 5.74) is -0.253. The van der Waals surface area contributed by atoms with Crippen molar-refractivity contribution in [1.29, 1.82) is 0 Å². The first-order valence-corrected chi connectivity index (χ1v) is 10.0. The van der Waals surface area contributed by atoms with Crippen LogP contribution in [0.2, 0.25) is 0 Å². The molecule has 0 radical (unpaired) electrons. The molecule has 0 N–H and O–H groups in total. The molecule has 0 bridgehead atoms. The Balaban J connectivity index is 2.06. The first-order chi connectivity index (χ1) is 13.8. The molecule has 3 heterocycles. The molecule has 0 aliphatic carbocycles. The Morgan fingerprint density at radius 2 is 1.73 bits per heavy atom. The van der Waals surface area contributed by atoms with Gasteiger partial charge in [0.1, 0.15) is 11.3 Å². The molecular weight excluding hydrogens is 387 g/mol. The van der Waals surface area contributed by atoms with Gasteiger partial charge in [-0.15, -0.1) is 0 Å². The second-order valence-electron chi connectivity index (χ2n) is 9.29. The SMILES string of the molecule is CCOC(=O)c1cc2nc(B3OC(C)(C)C(C)(C)O3)ccc2n1C(=O)OC(C)(C)C. The van der Waals surface area contributed by atoms with Crippen LogP contribution >= 0.6 is 0 Å². The number of rotatable bonds is 3. The fourth-order valence-corrected chi connectivity index (χ4v) is 3.06. The molecule has 1 aliphatic rings. The molecule has 0 unspecified atom stereocenters. The second-order valence-corrected chi connectivity index (χ2v) is 9.29. The molecule has 2 aromatic rings. The molecular formula is C21H29BN2O6. The summed E-state index contributed by atoms with van der Waals surface area (Å²) in [6, 6.07) is 4.95. The quantitative estimate of drug-likeness (QED) is 0.560. The number of esters is 1. The summed E-state index contributed by atoms with van der Waals surface area (Å²) in [5, 5.41) is 0. The van der Waals surface area contributed by atoms with Crippen molar-refractivity contribution in [2.24, 2.45) is 0 Å². The lowest BCUT2D eigenvalue weighted by Gasteiger charge is -2.32. The molecule has 1 saturated heterocycles. The number of aromatic nitrogens is 2. The standard InChI is InChI=1S/C21H29BN2O6/c1-9-27-17(25)15-12-13-14(24(15)18(26)28-19(2,3)4)10-11-16(23-13)22-29-20(5,6)21(7,8)30-22/h10-12H,9H2,1-8H3. The Hall–Kier alpha value is -2.39. The van der Waals surface area contributed by atoms with E-state index < -0.39 is 36.0 Å².